The van der Waals surface area contributed by atoms with Crippen molar-refractivity contribution in [1.82, 2.24) is 10.3 Å². The molecule has 0 unspecified atom stereocenters. The molecular weight excluding hydrogens is 361 g/mol. The van der Waals surface area contributed by atoms with Gasteiger partial charge in [-0.05, 0) is 42.5 Å². The van der Waals surface area contributed by atoms with Gasteiger partial charge >= 0.3 is 0 Å². The fraction of sp³-hybridized carbons (Fsp3) is 0.0556. The maximum atomic E-state index is 12.6. The van der Waals surface area contributed by atoms with Crippen LogP contribution in [0.15, 0.2) is 48.7 Å². The molecule has 7 heteroatoms. The molecule has 0 spiro atoms. The highest BCUT2D eigenvalue weighted by atomic mass is 35.5. The summed E-state index contributed by atoms with van der Waals surface area (Å²) in [6.45, 7) is 0. The number of rotatable bonds is 3. The molecule has 3 rings (SSSR count). The second kappa shape index (κ2) is 7.09. The molecule has 1 heterocycles. The molecule has 0 radical (unpaired) electrons. The number of carbonyl (C=O) groups excluding carboxylic acids is 2. The molecule has 1 aromatic heterocycles. The van der Waals surface area contributed by atoms with Crippen molar-refractivity contribution in [3.63, 3.8) is 0 Å². The lowest BCUT2D eigenvalue weighted by atomic mass is 10.1. The number of nitrogens with zero attached hydrogens (tertiary/aromatic N) is 1. The number of nitrogens with one attached hydrogen (secondary N) is 2. The molecule has 0 saturated carbocycles. The molecule has 3 aromatic rings. The molecule has 0 fully saturated rings. The second-order valence-corrected chi connectivity index (χ2v) is 6.04. The fourth-order valence-corrected chi connectivity index (χ4v) is 2.85. The molecule has 25 heavy (non-hydrogen) atoms. The van der Waals surface area contributed by atoms with E-state index >= 15 is 0 Å². The highest BCUT2D eigenvalue weighted by Crippen LogP contribution is 2.26. The Morgan fingerprint density at radius 3 is 2.48 bits per heavy atom. The Bertz CT molecular complexity index is 989. The normalized spacial score (nSPS) is 10.5. The van der Waals surface area contributed by atoms with Crippen molar-refractivity contribution in [2.45, 2.75) is 0 Å². The molecule has 2 aromatic carbocycles. The molecule has 0 atom stereocenters. The van der Waals surface area contributed by atoms with Gasteiger partial charge in [0.1, 0.15) is 0 Å². The van der Waals surface area contributed by atoms with E-state index in [4.69, 9.17) is 23.2 Å². The van der Waals surface area contributed by atoms with E-state index in [-0.39, 0.29) is 17.4 Å². The van der Waals surface area contributed by atoms with Crippen molar-refractivity contribution in [1.29, 1.82) is 0 Å². The molecular formula is C18H13Cl2N3O2. The minimum atomic E-state index is -0.356. The Balaban J connectivity index is 1.96. The van der Waals surface area contributed by atoms with Crippen molar-refractivity contribution in [3.8, 4) is 0 Å². The van der Waals surface area contributed by atoms with Gasteiger partial charge in [-0.25, -0.2) is 0 Å². The summed E-state index contributed by atoms with van der Waals surface area (Å²) in [6.07, 6.45) is 1.60. The van der Waals surface area contributed by atoms with Crippen molar-refractivity contribution in [2.24, 2.45) is 0 Å². The van der Waals surface area contributed by atoms with Crippen LogP contribution in [0.2, 0.25) is 10.0 Å². The van der Waals surface area contributed by atoms with Crippen LogP contribution in [0.4, 0.5) is 5.69 Å². The predicted molar refractivity (Wildman–Crippen MR) is 99.5 cm³/mol. The van der Waals surface area contributed by atoms with E-state index < -0.39 is 0 Å². The van der Waals surface area contributed by atoms with Gasteiger partial charge < -0.3 is 10.6 Å². The van der Waals surface area contributed by atoms with E-state index in [1.807, 2.05) is 0 Å². The first-order chi connectivity index (χ1) is 12.0. The van der Waals surface area contributed by atoms with Crippen LogP contribution in [0, 0.1) is 0 Å². The fourth-order valence-electron chi connectivity index (χ4n) is 2.43. The van der Waals surface area contributed by atoms with E-state index in [9.17, 15) is 9.59 Å². The molecule has 5 nitrogen and oxygen atoms in total. The van der Waals surface area contributed by atoms with E-state index in [1.54, 1.807) is 42.6 Å². The third kappa shape index (κ3) is 3.43. The van der Waals surface area contributed by atoms with Crippen molar-refractivity contribution in [2.75, 3.05) is 12.4 Å². The highest BCUT2D eigenvalue weighted by molar-refractivity contribution is 6.36. The third-order valence-electron chi connectivity index (χ3n) is 3.66. The molecule has 0 aliphatic rings. The number of anilines is 1. The lowest BCUT2D eigenvalue weighted by molar-refractivity contribution is 0.0961. The molecule has 2 N–H and O–H groups in total. The van der Waals surface area contributed by atoms with Crippen LogP contribution >= 0.6 is 23.2 Å². The van der Waals surface area contributed by atoms with Gasteiger partial charge in [0, 0.05) is 24.3 Å². The number of hydrogen-bond donors (Lipinski definition) is 2. The Kier molecular flexibility index (Phi) is 4.88. The topological polar surface area (TPSA) is 71.1 Å². The number of fused-ring (bicyclic) bond motifs is 1. The summed E-state index contributed by atoms with van der Waals surface area (Å²) >= 11 is 12.2. The van der Waals surface area contributed by atoms with Crippen LogP contribution in [-0.4, -0.2) is 23.8 Å². The van der Waals surface area contributed by atoms with Gasteiger partial charge in [-0.15, -0.1) is 0 Å². The molecule has 0 saturated heterocycles. The summed E-state index contributed by atoms with van der Waals surface area (Å²) in [4.78, 5) is 28.7. The maximum Gasteiger partial charge on any atom is 0.257 e. The minimum absolute atomic E-state index is 0.279. The number of hydrogen-bond acceptors (Lipinski definition) is 3. The number of carbonyl (C=O) groups is 2. The first-order valence-corrected chi connectivity index (χ1v) is 8.13. The molecule has 0 bridgehead atoms. The van der Waals surface area contributed by atoms with E-state index in [2.05, 4.69) is 15.6 Å². The largest absolute Gasteiger partial charge is 0.355 e. The average Bonchev–Trinajstić information content (AvgIpc) is 2.63. The number of halogens is 2. The smallest absolute Gasteiger partial charge is 0.257 e. The predicted octanol–water partition coefficient (Wildman–Crippen LogP) is 4.15. The van der Waals surface area contributed by atoms with Crippen LogP contribution < -0.4 is 10.6 Å². The Morgan fingerprint density at radius 1 is 0.960 bits per heavy atom. The van der Waals surface area contributed by atoms with Crippen LogP contribution in [0.5, 0.6) is 0 Å². The lowest BCUT2D eigenvalue weighted by Gasteiger charge is -2.10. The van der Waals surface area contributed by atoms with Crippen molar-refractivity contribution in [3.05, 3.63) is 69.8 Å². The Hall–Kier alpha value is -2.63. The minimum Gasteiger partial charge on any atom is -0.355 e. The summed E-state index contributed by atoms with van der Waals surface area (Å²) in [5, 5.41) is 6.78. The van der Waals surface area contributed by atoms with Crippen LogP contribution in [0.3, 0.4) is 0 Å². The van der Waals surface area contributed by atoms with Crippen LogP contribution in [-0.2, 0) is 0 Å². The third-order valence-corrected chi connectivity index (χ3v) is 4.32. The Labute approximate surface area is 154 Å². The van der Waals surface area contributed by atoms with Gasteiger partial charge in [0.25, 0.3) is 11.8 Å². The summed E-state index contributed by atoms with van der Waals surface area (Å²) in [7, 11) is 1.51. The van der Waals surface area contributed by atoms with Gasteiger partial charge in [0.15, 0.2) is 0 Å². The summed E-state index contributed by atoms with van der Waals surface area (Å²) in [6, 6.07) is 11.5. The molecule has 0 aliphatic carbocycles. The van der Waals surface area contributed by atoms with Gasteiger partial charge in [-0.2, -0.15) is 0 Å². The van der Waals surface area contributed by atoms with Crippen molar-refractivity contribution < 1.29 is 9.59 Å². The lowest BCUT2D eigenvalue weighted by Crippen LogP contribution is -2.19. The quantitative estimate of drug-likeness (QED) is 0.724. The van der Waals surface area contributed by atoms with E-state index in [0.717, 1.165) is 0 Å². The van der Waals surface area contributed by atoms with Gasteiger partial charge in [0.05, 0.1) is 26.7 Å². The molecule has 2 amide bonds. The standard InChI is InChI=1S/C18H13Cl2N3O2/c1-21-17(24)13-9-10(4-6-15(13)20)23-18(25)12-5-7-14(19)11-3-2-8-22-16(11)12/h2-9H,1H3,(H,21,24)(H,23,25). The zero-order valence-corrected chi connectivity index (χ0v) is 14.7. The first kappa shape index (κ1) is 17.2. The summed E-state index contributed by atoms with van der Waals surface area (Å²) in [5.74, 6) is -0.690. The Morgan fingerprint density at radius 2 is 1.72 bits per heavy atom. The second-order valence-electron chi connectivity index (χ2n) is 5.22. The average molecular weight is 374 g/mol. The number of pyridine rings is 1. The molecule has 0 aliphatic heterocycles. The van der Waals surface area contributed by atoms with Crippen LogP contribution in [0.1, 0.15) is 20.7 Å². The van der Waals surface area contributed by atoms with E-state index in [0.29, 0.717) is 32.2 Å². The maximum absolute atomic E-state index is 12.6. The zero-order valence-electron chi connectivity index (χ0n) is 13.1. The SMILES string of the molecule is CNC(=O)c1cc(NC(=O)c2ccc(Cl)c3cccnc23)ccc1Cl. The van der Waals surface area contributed by atoms with Crippen molar-refractivity contribution >= 4 is 51.6 Å². The van der Waals surface area contributed by atoms with Gasteiger partial charge in [0.2, 0.25) is 0 Å². The zero-order chi connectivity index (χ0) is 18.0. The van der Waals surface area contributed by atoms with Gasteiger partial charge in [-0.3, -0.25) is 14.6 Å². The summed E-state index contributed by atoms with van der Waals surface area (Å²) in [5.41, 5.74) is 1.62. The summed E-state index contributed by atoms with van der Waals surface area (Å²) < 4.78 is 0. The van der Waals surface area contributed by atoms with E-state index in [1.165, 1.54) is 13.1 Å². The first-order valence-electron chi connectivity index (χ1n) is 7.37. The highest BCUT2D eigenvalue weighted by Gasteiger charge is 2.15. The molecule has 126 valence electrons. The number of amides is 2. The van der Waals surface area contributed by atoms with Gasteiger partial charge in [-0.1, -0.05) is 23.2 Å². The number of aromatic nitrogens is 1. The number of benzene rings is 2. The monoisotopic (exact) mass is 373 g/mol. The van der Waals surface area contributed by atoms with Crippen LogP contribution in [0.25, 0.3) is 10.9 Å².